The molecular formula is C14H16FN3O. The van der Waals surface area contributed by atoms with E-state index in [1.807, 2.05) is 19.1 Å². The first-order valence-electron chi connectivity index (χ1n) is 5.88. The Morgan fingerprint density at radius 2 is 2.11 bits per heavy atom. The van der Waals surface area contributed by atoms with Crippen LogP contribution >= 0.6 is 0 Å². The molecule has 1 aromatic carbocycles. The minimum Gasteiger partial charge on any atom is -0.496 e. The van der Waals surface area contributed by atoms with E-state index in [0.29, 0.717) is 11.3 Å². The summed E-state index contributed by atoms with van der Waals surface area (Å²) in [5, 5.41) is 0. The van der Waals surface area contributed by atoms with E-state index in [4.69, 9.17) is 10.6 Å². The molecule has 0 bridgehead atoms. The molecule has 1 unspecified atom stereocenters. The molecule has 0 aliphatic carbocycles. The fraction of sp³-hybridized carbons (Fsp3) is 0.214. The van der Waals surface area contributed by atoms with E-state index in [2.05, 4.69) is 10.4 Å². The zero-order chi connectivity index (χ0) is 13.8. The summed E-state index contributed by atoms with van der Waals surface area (Å²) in [5.74, 6) is 5.83. The van der Waals surface area contributed by atoms with E-state index in [1.165, 1.54) is 19.2 Å². The number of aryl methyl sites for hydroxylation is 1. The van der Waals surface area contributed by atoms with Gasteiger partial charge in [-0.2, -0.15) is 0 Å². The van der Waals surface area contributed by atoms with Gasteiger partial charge < -0.3 is 4.74 Å². The average Bonchev–Trinajstić information content (AvgIpc) is 2.42. The molecule has 0 saturated heterocycles. The Hall–Kier alpha value is -1.98. The van der Waals surface area contributed by atoms with E-state index in [0.717, 1.165) is 11.3 Å². The number of nitrogens with two attached hydrogens (primary N) is 1. The molecule has 0 radical (unpaired) electrons. The first-order chi connectivity index (χ1) is 9.15. The average molecular weight is 261 g/mol. The normalized spacial score (nSPS) is 12.2. The molecule has 0 saturated carbocycles. The number of pyridine rings is 1. The molecule has 2 aromatic rings. The van der Waals surface area contributed by atoms with Crippen molar-refractivity contribution in [3.8, 4) is 5.75 Å². The van der Waals surface area contributed by atoms with Crippen molar-refractivity contribution < 1.29 is 9.13 Å². The molecule has 1 aromatic heterocycles. The van der Waals surface area contributed by atoms with E-state index in [-0.39, 0.29) is 11.9 Å². The Balaban J connectivity index is 2.47. The quantitative estimate of drug-likeness (QED) is 0.653. The maximum Gasteiger partial charge on any atom is 0.124 e. The Morgan fingerprint density at radius 3 is 2.68 bits per heavy atom. The summed E-state index contributed by atoms with van der Waals surface area (Å²) in [6.45, 7) is 1.90. The second-order valence-corrected chi connectivity index (χ2v) is 4.22. The van der Waals surface area contributed by atoms with Crippen LogP contribution in [0.1, 0.15) is 22.9 Å². The van der Waals surface area contributed by atoms with Crippen molar-refractivity contribution in [3.05, 3.63) is 59.2 Å². The van der Waals surface area contributed by atoms with Crippen LogP contribution in [0.15, 0.2) is 36.5 Å². The number of halogens is 1. The van der Waals surface area contributed by atoms with Gasteiger partial charge in [0.25, 0.3) is 0 Å². The van der Waals surface area contributed by atoms with Crippen molar-refractivity contribution in [3.63, 3.8) is 0 Å². The van der Waals surface area contributed by atoms with Crippen molar-refractivity contribution in [1.29, 1.82) is 0 Å². The largest absolute Gasteiger partial charge is 0.496 e. The highest BCUT2D eigenvalue weighted by molar-refractivity contribution is 5.41. The van der Waals surface area contributed by atoms with Gasteiger partial charge in [0.1, 0.15) is 11.6 Å². The van der Waals surface area contributed by atoms with Crippen molar-refractivity contribution in [2.24, 2.45) is 5.84 Å². The van der Waals surface area contributed by atoms with Crippen molar-refractivity contribution in [1.82, 2.24) is 10.4 Å². The fourth-order valence-electron chi connectivity index (χ4n) is 1.95. The third-order valence-electron chi connectivity index (χ3n) is 2.94. The molecule has 1 atom stereocenters. The fourth-order valence-corrected chi connectivity index (χ4v) is 1.95. The van der Waals surface area contributed by atoms with E-state index in [1.54, 1.807) is 12.3 Å². The molecule has 0 spiro atoms. The molecule has 0 amide bonds. The zero-order valence-electron chi connectivity index (χ0n) is 10.9. The van der Waals surface area contributed by atoms with Crippen LogP contribution in [0.2, 0.25) is 0 Å². The Labute approximate surface area is 111 Å². The lowest BCUT2D eigenvalue weighted by atomic mass is 9.99. The number of hydrazine groups is 1. The minimum atomic E-state index is -0.376. The number of nitrogens with one attached hydrogen (secondary N) is 1. The predicted molar refractivity (Wildman–Crippen MR) is 71.1 cm³/mol. The standard InChI is InChI=1S/C14H16FN3O/c1-9-3-4-10(8-17-9)14(18-16)12-7-11(15)5-6-13(12)19-2/h3-8,14,18H,16H2,1-2H3. The second-order valence-electron chi connectivity index (χ2n) is 4.22. The maximum absolute atomic E-state index is 13.4. The number of hydrogen-bond donors (Lipinski definition) is 2. The van der Waals surface area contributed by atoms with Crippen LogP contribution in [-0.4, -0.2) is 12.1 Å². The first kappa shape index (κ1) is 13.5. The highest BCUT2D eigenvalue weighted by Crippen LogP contribution is 2.29. The van der Waals surface area contributed by atoms with Crippen LogP contribution in [0.3, 0.4) is 0 Å². The SMILES string of the molecule is COc1ccc(F)cc1C(NN)c1ccc(C)nc1. The lowest BCUT2D eigenvalue weighted by Gasteiger charge is -2.19. The number of nitrogens with zero attached hydrogens (tertiary/aromatic N) is 1. The molecule has 19 heavy (non-hydrogen) atoms. The second kappa shape index (κ2) is 5.77. The summed E-state index contributed by atoms with van der Waals surface area (Å²) in [7, 11) is 1.54. The van der Waals surface area contributed by atoms with Gasteiger partial charge in [-0.3, -0.25) is 10.8 Å². The molecular weight excluding hydrogens is 245 g/mol. The number of aromatic nitrogens is 1. The summed E-state index contributed by atoms with van der Waals surface area (Å²) in [4.78, 5) is 4.22. The lowest BCUT2D eigenvalue weighted by Crippen LogP contribution is -2.29. The molecule has 5 heteroatoms. The van der Waals surface area contributed by atoms with Crippen LogP contribution in [0.4, 0.5) is 4.39 Å². The molecule has 2 rings (SSSR count). The molecule has 3 N–H and O–H groups in total. The molecule has 0 aliphatic rings. The summed E-state index contributed by atoms with van der Waals surface area (Å²) in [6.07, 6.45) is 1.71. The van der Waals surface area contributed by atoms with Crippen LogP contribution < -0.4 is 16.0 Å². The van der Waals surface area contributed by atoms with Crippen LogP contribution in [-0.2, 0) is 0 Å². The number of methoxy groups -OCH3 is 1. The lowest BCUT2D eigenvalue weighted by molar-refractivity contribution is 0.402. The number of rotatable bonds is 4. The molecule has 1 heterocycles. The van der Waals surface area contributed by atoms with Crippen molar-refractivity contribution in [2.45, 2.75) is 13.0 Å². The molecule has 0 aliphatic heterocycles. The predicted octanol–water partition coefficient (Wildman–Crippen LogP) is 2.09. The van der Waals surface area contributed by atoms with Gasteiger partial charge in [-0.05, 0) is 36.8 Å². The van der Waals surface area contributed by atoms with Gasteiger partial charge in [0.05, 0.1) is 13.2 Å². The number of ether oxygens (including phenoxy) is 1. The maximum atomic E-state index is 13.4. The van der Waals surface area contributed by atoms with Gasteiger partial charge >= 0.3 is 0 Å². The Morgan fingerprint density at radius 1 is 1.32 bits per heavy atom. The van der Waals surface area contributed by atoms with Crippen LogP contribution in [0, 0.1) is 12.7 Å². The Kier molecular flexibility index (Phi) is 4.09. The Bertz CT molecular complexity index is 557. The van der Waals surface area contributed by atoms with E-state index >= 15 is 0 Å². The summed E-state index contributed by atoms with van der Waals surface area (Å²) < 4.78 is 18.7. The minimum absolute atomic E-state index is 0.337. The number of benzene rings is 1. The highest BCUT2D eigenvalue weighted by Gasteiger charge is 2.18. The molecule has 100 valence electrons. The summed E-state index contributed by atoms with van der Waals surface area (Å²) >= 11 is 0. The van der Waals surface area contributed by atoms with Gasteiger partial charge in [-0.1, -0.05) is 6.07 Å². The van der Waals surface area contributed by atoms with Crippen molar-refractivity contribution >= 4 is 0 Å². The van der Waals surface area contributed by atoms with E-state index < -0.39 is 0 Å². The summed E-state index contributed by atoms with van der Waals surface area (Å²) in [6, 6.07) is 7.74. The highest BCUT2D eigenvalue weighted by atomic mass is 19.1. The zero-order valence-corrected chi connectivity index (χ0v) is 10.9. The van der Waals surface area contributed by atoms with Gasteiger partial charge in [0.2, 0.25) is 0 Å². The van der Waals surface area contributed by atoms with Crippen molar-refractivity contribution in [2.75, 3.05) is 7.11 Å². The summed E-state index contributed by atoms with van der Waals surface area (Å²) in [5.41, 5.74) is 5.06. The third kappa shape index (κ3) is 2.89. The smallest absolute Gasteiger partial charge is 0.124 e. The van der Waals surface area contributed by atoms with Gasteiger partial charge in [0, 0.05) is 17.5 Å². The third-order valence-corrected chi connectivity index (χ3v) is 2.94. The molecule has 4 nitrogen and oxygen atoms in total. The topological polar surface area (TPSA) is 60.2 Å². The van der Waals surface area contributed by atoms with E-state index in [9.17, 15) is 4.39 Å². The van der Waals surface area contributed by atoms with Gasteiger partial charge in [0.15, 0.2) is 0 Å². The van der Waals surface area contributed by atoms with Gasteiger partial charge in [-0.15, -0.1) is 0 Å². The molecule has 0 fully saturated rings. The van der Waals surface area contributed by atoms with Crippen LogP contribution in [0.5, 0.6) is 5.75 Å². The van der Waals surface area contributed by atoms with Gasteiger partial charge in [-0.25, -0.2) is 9.82 Å². The number of hydrogen-bond acceptors (Lipinski definition) is 4. The monoisotopic (exact) mass is 261 g/mol. The van der Waals surface area contributed by atoms with Crippen LogP contribution in [0.25, 0.3) is 0 Å². The first-order valence-corrected chi connectivity index (χ1v) is 5.88.